The summed E-state index contributed by atoms with van der Waals surface area (Å²) in [5.74, 6) is -0.0765. The molecule has 126 valence electrons. The summed E-state index contributed by atoms with van der Waals surface area (Å²) in [6, 6.07) is 9.12. The fourth-order valence-electron chi connectivity index (χ4n) is 3.13. The molecular weight excluding hydrogens is 304 g/mol. The molecule has 0 bridgehead atoms. The number of hydrogen-bond acceptors (Lipinski definition) is 4. The van der Waals surface area contributed by atoms with Crippen LogP contribution in [0.4, 0.5) is 0 Å². The van der Waals surface area contributed by atoms with Crippen LogP contribution in [0.1, 0.15) is 49.8 Å². The third-order valence-corrected chi connectivity index (χ3v) is 4.80. The van der Waals surface area contributed by atoms with Gasteiger partial charge in [0.05, 0.1) is 17.6 Å². The molecule has 1 aliphatic heterocycles. The molecule has 0 N–H and O–H groups in total. The van der Waals surface area contributed by atoms with E-state index in [-0.39, 0.29) is 29.8 Å². The minimum Gasteiger partial charge on any atom is -0.458 e. The standard InChI is InChI=1S/C19H22N2O3/c1-13(15-6-4-14(11-20)5-7-15)24-19(23)17-3-2-10-21(12-17)18(22)16-8-9-16/h4-7,13,16-17H,2-3,8-10,12H2,1H3/t13-,17-/m0/s1. The van der Waals surface area contributed by atoms with Crippen molar-refractivity contribution < 1.29 is 14.3 Å². The third kappa shape index (κ3) is 3.76. The van der Waals surface area contributed by atoms with Crippen LogP contribution in [0, 0.1) is 23.2 Å². The lowest BCUT2D eigenvalue weighted by atomic mass is 9.97. The molecule has 1 saturated heterocycles. The summed E-state index contributed by atoms with van der Waals surface area (Å²) in [5.41, 5.74) is 1.45. The van der Waals surface area contributed by atoms with Gasteiger partial charge in [0.25, 0.3) is 0 Å². The van der Waals surface area contributed by atoms with Crippen LogP contribution in [0.15, 0.2) is 24.3 Å². The van der Waals surface area contributed by atoms with Crippen molar-refractivity contribution in [3.05, 3.63) is 35.4 Å². The normalized spacial score (nSPS) is 21.7. The Labute approximate surface area is 142 Å². The summed E-state index contributed by atoms with van der Waals surface area (Å²) < 4.78 is 5.59. The number of ether oxygens (including phenoxy) is 1. The second-order valence-electron chi connectivity index (χ2n) is 6.71. The van der Waals surface area contributed by atoms with E-state index in [0.717, 1.165) is 37.8 Å². The molecule has 0 spiro atoms. The van der Waals surface area contributed by atoms with Gasteiger partial charge < -0.3 is 9.64 Å². The van der Waals surface area contributed by atoms with Crippen molar-refractivity contribution >= 4 is 11.9 Å². The smallest absolute Gasteiger partial charge is 0.311 e. The van der Waals surface area contributed by atoms with E-state index >= 15 is 0 Å². The predicted molar refractivity (Wildman–Crippen MR) is 87.7 cm³/mol. The Balaban J connectivity index is 1.56. The highest BCUT2D eigenvalue weighted by molar-refractivity contribution is 5.82. The highest BCUT2D eigenvalue weighted by Gasteiger charge is 2.37. The lowest BCUT2D eigenvalue weighted by Gasteiger charge is -2.32. The van der Waals surface area contributed by atoms with E-state index < -0.39 is 0 Å². The predicted octanol–water partition coefficient (Wildman–Crippen LogP) is 2.81. The van der Waals surface area contributed by atoms with Crippen LogP contribution < -0.4 is 0 Å². The number of carbonyl (C=O) groups is 2. The van der Waals surface area contributed by atoms with Gasteiger partial charge in [0.1, 0.15) is 6.10 Å². The van der Waals surface area contributed by atoms with Gasteiger partial charge in [-0.05, 0) is 50.3 Å². The molecule has 1 saturated carbocycles. The quantitative estimate of drug-likeness (QED) is 0.798. The van der Waals surface area contributed by atoms with Crippen LogP contribution in [0.25, 0.3) is 0 Å². The Kier molecular flexibility index (Phi) is 4.84. The van der Waals surface area contributed by atoms with E-state index in [1.807, 2.05) is 11.8 Å². The number of benzene rings is 1. The maximum atomic E-state index is 12.4. The van der Waals surface area contributed by atoms with Crippen molar-refractivity contribution in [1.29, 1.82) is 5.26 Å². The number of nitrogens with zero attached hydrogens (tertiary/aromatic N) is 2. The van der Waals surface area contributed by atoms with Crippen molar-refractivity contribution in [2.75, 3.05) is 13.1 Å². The summed E-state index contributed by atoms with van der Waals surface area (Å²) in [6.45, 7) is 3.06. The number of nitriles is 1. The lowest BCUT2D eigenvalue weighted by Crippen LogP contribution is -2.43. The van der Waals surface area contributed by atoms with Gasteiger partial charge in [-0.25, -0.2) is 0 Å². The van der Waals surface area contributed by atoms with Crippen LogP contribution >= 0.6 is 0 Å². The van der Waals surface area contributed by atoms with Gasteiger partial charge in [0.2, 0.25) is 5.91 Å². The summed E-state index contributed by atoms with van der Waals surface area (Å²) in [7, 11) is 0. The number of carbonyl (C=O) groups excluding carboxylic acids is 2. The Bertz CT molecular complexity index is 658. The minimum atomic E-state index is -0.361. The first-order valence-corrected chi connectivity index (χ1v) is 8.58. The van der Waals surface area contributed by atoms with Gasteiger partial charge in [-0.15, -0.1) is 0 Å². The summed E-state index contributed by atoms with van der Waals surface area (Å²) >= 11 is 0. The van der Waals surface area contributed by atoms with Crippen LogP contribution in [0.5, 0.6) is 0 Å². The second-order valence-corrected chi connectivity index (χ2v) is 6.71. The average molecular weight is 326 g/mol. The number of rotatable bonds is 4. The first-order valence-electron chi connectivity index (χ1n) is 8.58. The largest absolute Gasteiger partial charge is 0.458 e. The summed E-state index contributed by atoms with van der Waals surface area (Å²) in [5, 5.41) is 8.83. The maximum absolute atomic E-state index is 12.4. The van der Waals surface area contributed by atoms with E-state index in [1.165, 1.54) is 0 Å². The van der Waals surface area contributed by atoms with Crippen molar-refractivity contribution in [3.63, 3.8) is 0 Å². The van der Waals surface area contributed by atoms with Gasteiger partial charge in [-0.2, -0.15) is 5.26 Å². The lowest BCUT2D eigenvalue weighted by molar-refractivity contribution is -0.156. The first kappa shape index (κ1) is 16.5. The number of likely N-dealkylation sites (tertiary alicyclic amines) is 1. The number of amides is 1. The van der Waals surface area contributed by atoms with Crippen LogP contribution in [0.2, 0.25) is 0 Å². The van der Waals surface area contributed by atoms with E-state index in [2.05, 4.69) is 6.07 Å². The highest BCUT2D eigenvalue weighted by atomic mass is 16.5. The second kappa shape index (κ2) is 7.04. The number of esters is 1. The molecule has 24 heavy (non-hydrogen) atoms. The maximum Gasteiger partial charge on any atom is 0.311 e. The van der Waals surface area contributed by atoms with Crippen LogP contribution in [0.3, 0.4) is 0 Å². The molecule has 1 amide bonds. The van der Waals surface area contributed by atoms with Gasteiger partial charge in [-0.3, -0.25) is 9.59 Å². The molecule has 2 aliphatic rings. The molecular formula is C19H22N2O3. The average Bonchev–Trinajstić information content (AvgIpc) is 3.46. The molecule has 5 heteroatoms. The van der Waals surface area contributed by atoms with Gasteiger partial charge in [-0.1, -0.05) is 12.1 Å². The van der Waals surface area contributed by atoms with Crippen molar-refractivity contribution in [1.82, 2.24) is 4.90 Å². The molecule has 2 atom stereocenters. The first-order chi connectivity index (χ1) is 11.6. The molecule has 2 fully saturated rings. The van der Waals surface area contributed by atoms with E-state index in [4.69, 9.17) is 10.00 Å². The van der Waals surface area contributed by atoms with E-state index in [9.17, 15) is 9.59 Å². The van der Waals surface area contributed by atoms with Crippen LogP contribution in [-0.2, 0) is 14.3 Å². The number of hydrogen-bond donors (Lipinski definition) is 0. The molecule has 1 aromatic carbocycles. The zero-order chi connectivity index (χ0) is 17.1. The summed E-state index contributed by atoms with van der Waals surface area (Å²) in [4.78, 5) is 26.5. The fraction of sp³-hybridized carbons (Fsp3) is 0.526. The molecule has 0 unspecified atom stereocenters. The van der Waals surface area contributed by atoms with Crippen molar-refractivity contribution in [3.8, 4) is 6.07 Å². The zero-order valence-corrected chi connectivity index (χ0v) is 13.9. The number of piperidine rings is 1. The molecule has 3 rings (SSSR count). The highest BCUT2D eigenvalue weighted by Crippen LogP contribution is 2.33. The van der Waals surface area contributed by atoms with Gasteiger partial charge in [0, 0.05) is 19.0 Å². The van der Waals surface area contributed by atoms with Crippen molar-refractivity contribution in [2.45, 2.75) is 38.7 Å². The van der Waals surface area contributed by atoms with E-state index in [1.54, 1.807) is 24.3 Å². The fourth-order valence-corrected chi connectivity index (χ4v) is 3.13. The molecule has 1 aliphatic carbocycles. The molecule has 0 radical (unpaired) electrons. The minimum absolute atomic E-state index is 0.192. The topological polar surface area (TPSA) is 70.4 Å². The van der Waals surface area contributed by atoms with E-state index in [0.29, 0.717) is 12.1 Å². The zero-order valence-electron chi connectivity index (χ0n) is 13.9. The van der Waals surface area contributed by atoms with Crippen LogP contribution in [-0.4, -0.2) is 29.9 Å². The molecule has 0 aromatic heterocycles. The Morgan fingerprint density at radius 1 is 1.21 bits per heavy atom. The monoisotopic (exact) mass is 326 g/mol. The van der Waals surface area contributed by atoms with Crippen molar-refractivity contribution in [2.24, 2.45) is 11.8 Å². The molecule has 1 aromatic rings. The SMILES string of the molecule is C[C@H](OC(=O)[C@H]1CCCN(C(=O)C2CC2)C1)c1ccc(C#N)cc1. The Morgan fingerprint density at radius 3 is 2.54 bits per heavy atom. The summed E-state index contributed by atoms with van der Waals surface area (Å²) in [6.07, 6.45) is 3.23. The molecule has 1 heterocycles. The molecule has 5 nitrogen and oxygen atoms in total. The third-order valence-electron chi connectivity index (χ3n) is 4.80. The van der Waals surface area contributed by atoms with Gasteiger partial charge >= 0.3 is 5.97 Å². The Morgan fingerprint density at radius 2 is 1.92 bits per heavy atom. The Hall–Kier alpha value is -2.35. The van der Waals surface area contributed by atoms with Gasteiger partial charge in [0.15, 0.2) is 0 Å².